The number of benzene rings is 2. The molecule has 0 saturated heterocycles. The van der Waals surface area contributed by atoms with Crippen molar-refractivity contribution in [2.24, 2.45) is 7.05 Å². The molecule has 20 heavy (non-hydrogen) atoms. The van der Waals surface area contributed by atoms with Crippen molar-refractivity contribution in [2.45, 2.75) is 0 Å². The minimum atomic E-state index is -0.0465. The molecule has 1 heterocycles. The number of rotatable bonds is 1. The van der Waals surface area contributed by atoms with E-state index >= 15 is 0 Å². The summed E-state index contributed by atoms with van der Waals surface area (Å²) in [5.41, 5.74) is 1.64. The van der Waals surface area contributed by atoms with Gasteiger partial charge in [-0.3, -0.25) is 0 Å². The zero-order valence-electron chi connectivity index (χ0n) is 10.7. The molecule has 0 amide bonds. The Hall–Kier alpha value is -1.61. The Balaban J connectivity index is 2.45. The van der Waals surface area contributed by atoms with Crippen molar-refractivity contribution in [2.75, 3.05) is 0 Å². The molecule has 3 nitrogen and oxygen atoms in total. The predicted molar refractivity (Wildman–Crippen MR) is 82.5 cm³/mol. The van der Waals surface area contributed by atoms with E-state index in [4.69, 9.17) is 11.6 Å². The SMILES string of the molecule is Cn1c(=[Se])n(-c2ccc(Cl)cc2)c(=O)c2ccccc21. The summed E-state index contributed by atoms with van der Waals surface area (Å²) < 4.78 is 4.36. The van der Waals surface area contributed by atoms with Crippen molar-refractivity contribution >= 4 is 38.1 Å². The number of aromatic nitrogens is 2. The molecular formula is C15H11ClN2OSe. The number of aryl methyl sites for hydroxylation is 1. The molecule has 0 fully saturated rings. The van der Waals surface area contributed by atoms with Crippen LogP contribution in [0, 0.1) is 4.32 Å². The summed E-state index contributed by atoms with van der Waals surface area (Å²) in [4.78, 5) is 12.7. The summed E-state index contributed by atoms with van der Waals surface area (Å²) in [5, 5.41) is 1.33. The van der Waals surface area contributed by atoms with Crippen LogP contribution in [0.25, 0.3) is 16.6 Å². The molecule has 0 radical (unpaired) electrons. The molecule has 1 aromatic heterocycles. The number of hydrogen-bond donors (Lipinski definition) is 0. The van der Waals surface area contributed by atoms with Gasteiger partial charge in [0.1, 0.15) is 0 Å². The molecule has 0 N–H and O–H groups in total. The fraction of sp³-hybridized carbons (Fsp3) is 0.0667. The summed E-state index contributed by atoms with van der Waals surface area (Å²) in [7, 11) is 1.93. The summed E-state index contributed by atoms with van der Waals surface area (Å²) in [6, 6.07) is 14.8. The monoisotopic (exact) mass is 350 g/mol. The normalized spacial score (nSPS) is 10.9. The average Bonchev–Trinajstić information content (AvgIpc) is 2.47. The van der Waals surface area contributed by atoms with Gasteiger partial charge in [-0.25, -0.2) is 0 Å². The van der Waals surface area contributed by atoms with Gasteiger partial charge in [0, 0.05) is 0 Å². The molecule has 0 aliphatic rings. The predicted octanol–water partition coefficient (Wildman–Crippen LogP) is 2.68. The van der Waals surface area contributed by atoms with Crippen molar-refractivity contribution in [3.8, 4) is 5.69 Å². The van der Waals surface area contributed by atoms with E-state index in [9.17, 15) is 4.79 Å². The number of nitrogens with zero attached hydrogens (tertiary/aromatic N) is 2. The third-order valence-corrected chi connectivity index (χ3v) is 4.47. The Morgan fingerprint density at radius 2 is 1.70 bits per heavy atom. The Kier molecular flexibility index (Phi) is 3.38. The standard InChI is InChI=1S/C15H11ClN2OSe/c1-17-13-5-3-2-4-12(13)14(19)18(15(17)20)11-8-6-10(16)7-9-11/h2-9H,1H3. The van der Waals surface area contributed by atoms with Gasteiger partial charge in [0.05, 0.1) is 0 Å². The molecule has 3 aromatic rings. The van der Waals surface area contributed by atoms with Crippen LogP contribution in [0.5, 0.6) is 0 Å². The number of para-hydroxylation sites is 1. The van der Waals surface area contributed by atoms with E-state index in [-0.39, 0.29) is 5.56 Å². The first-order valence-corrected chi connectivity index (χ1v) is 7.30. The van der Waals surface area contributed by atoms with Crippen LogP contribution in [0.15, 0.2) is 53.3 Å². The van der Waals surface area contributed by atoms with Gasteiger partial charge in [0.15, 0.2) is 0 Å². The quantitative estimate of drug-likeness (QED) is 0.621. The Bertz CT molecular complexity index is 910. The van der Waals surface area contributed by atoms with E-state index in [0.29, 0.717) is 10.4 Å². The van der Waals surface area contributed by atoms with Gasteiger partial charge < -0.3 is 0 Å². The van der Waals surface area contributed by atoms with Crippen molar-refractivity contribution in [1.29, 1.82) is 0 Å². The molecule has 0 atom stereocenters. The van der Waals surface area contributed by atoms with Crippen LogP contribution < -0.4 is 5.56 Å². The van der Waals surface area contributed by atoms with Crippen LogP contribution >= 0.6 is 11.6 Å². The van der Waals surface area contributed by atoms with Gasteiger partial charge >= 0.3 is 128 Å². The average molecular weight is 350 g/mol. The molecule has 0 bridgehead atoms. The maximum absolute atomic E-state index is 12.7. The van der Waals surface area contributed by atoms with Crippen molar-refractivity contribution in [3.05, 3.63) is 68.2 Å². The topological polar surface area (TPSA) is 26.9 Å². The minimum absolute atomic E-state index is 0.0465. The van der Waals surface area contributed by atoms with E-state index in [2.05, 4.69) is 15.6 Å². The fourth-order valence-corrected chi connectivity index (χ4v) is 2.95. The van der Waals surface area contributed by atoms with Crippen LogP contribution in [-0.4, -0.2) is 24.7 Å². The van der Waals surface area contributed by atoms with Crippen LogP contribution in [0.1, 0.15) is 0 Å². The Morgan fingerprint density at radius 1 is 1.05 bits per heavy atom. The van der Waals surface area contributed by atoms with Gasteiger partial charge in [-0.05, 0) is 0 Å². The Labute approximate surface area is 128 Å². The maximum atomic E-state index is 12.7. The van der Waals surface area contributed by atoms with Crippen molar-refractivity contribution < 1.29 is 0 Å². The Morgan fingerprint density at radius 3 is 2.40 bits per heavy atom. The zero-order valence-corrected chi connectivity index (χ0v) is 13.2. The second kappa shape index (κ2) is 5.06. The molecule has 0 aliphatic heterocycles. The van der Waals surface area contributed by atoms with E-state index < -0.39 is 0 Å². The molecular weight excluding hydrogens is 339 g/mol. The first-order chi connectivity index (χ1) is 9.59. The second-order valence-electron chi connectivity index (χ2n) is 4.48. The van der Waals surface area contributed by atoms with Gasteiger partial charge in [-0.15, -0.1) is 0 Å². The molecule has 3 rings (SSSR count). The summed E-state index contributed by atoms with van der Waals surface area (Å²) in [6.07, 6.45) is 0. The molecule has 0 aliphatic carbocycles. The summed E-state index contributed by atoms with van der Waals surface area (Å²) >= 11 is 8.88. The second-order valence-corrected chi connectivity index (χ2v) is 5.68. The number of hydrogen-bond acceptors (Lipinski definition) is 1. The molecule has 2 aromatic carbocycles. The molecule has 100 valence electrons. The molecule has 5 heteroatoms. The van der Waals surface area contributed by atoms with E-state index in [1.54, 1.807) is 16.7 Å². The fourth-order valence-electron chi connectivity index (χ4n) is 2.23. The third kappa shape index (κ3) is 2.06. The van der Waals surface area contributed by atoms with E-state index in [1.807, 2.05) is 48.0 Å². The van der Waals surface area contributed by atoms with Crippen molar-refractivity contribution in [3.63, 3.8) is 0 Å². The van der Waals surface area contributed by atoms with Crippen LogP contribution in [0.2, 0.25) is 5.02 Å². The van der Waals surface area contributed by atoms with Gasteiger partial charge in [-0.2, -0.15) is 0 Å². The molecule has 0 spiro atoms. The molecule has 0 saturated carbocycles. The van der Waals surface area contributed by atoms with E-state index in [0.717, 1.165) is 15.5 Å². The first-order valence-electron chi connectivity index (χ1n) is 6.06. The van der Waals surface area contributed by atoms with Gasteiger partial charge in [0.25, 0.3) is 0 Å². The number of halogens is 1. The van der Waals surface area contributed by atoms with Gasteiger partial charge in [0.2, 0.25) is 0 Å². The van der Waals surface area contributed by atoms with Crippen LogP contribution in [-0.2, 0) is 7.05 Å². The van der Waals surface area contributed by atoms with Crippen LogP contribution in [0.4, 0.5) is 0 Å². The number of fused-ring (bicyclic) bond motifs is 1. The van der Waals surface area contributed by atoms with E-state index in [1.165, 1.54) is 0 Å². The van der Waals surface area contributed by atoms with Gasteiger partial charge in [-0.1, -0.05) is 0 Å². The summed E-state index contributed by atoms with van der Waals surface area (Å²) in [5.74, 6) is 0. The zero-order chi connectivity index (χ0) is 14.3. The summed E-state index contributed by atoms with van der Waals surface area (Å²) in [6.45, 7) is 0. The first kappa shape index (κ1) is 13.4. The molecule has 0 unspecified atom stereocenters. The van der Waals surface area contributed by atoms with Crippen molar-refractivity contribution in [1.82, 2.24) is 9.13 Å². The third-order valence-electron chi connectivity index (χ3n) is 3.26. The van der Waals surface area contributed by atoms with Crippen LogP contribution in [0.3, 0.4) is 0 Å².